The molecule has 4 heterocycles. The number of anilines is 2. The van der Waals surface area contributed by atoms with Crippen molar-refractivity contribution in [2.45, 2.75) is 38.6 Å². The van der Waals surface area contributed by atoms with Gasteiger partial charge in [-0.1, -0.05) is 12.1 Å². The Balaban J connectivity index is 1.34. The Morgan fingerprint density at radius 1 is 1.02 bits per heavy atom. The van der Waals surface area contributed by atoms with E-state index in [-0.39, 0.29) is 11.7 Å². The van der Waals surface area contributed by atoms with Crippen molar-refractivity contribution in [1.82, 2.24) is 24.6 Å². The number of nitrogens with zero attached hydrogens (tertiary/aromatic N) is 4. The molecule has 41 heavy (non-hydrogen) atoms. The van der Waals surface area contributed by atoms with E-state index in [4.69, 9.17) is 9.72 Å². The lowest BCUT2D eigenvalue weighted by Gasteiger charge is -2.23. The Kier molecular flexibility index (Phi) is 7.69. The van der Waals surface area contributed by atoms with E-state index < -0.39 is 16.0 Å². The second kappa shape index (κ2) is 11.6. The first-order chi connectivity index (χ1) is 19.9. The highest BCUT2D eigenvalue weighted by Gasteiger charge is 2.27. The van der Waals surface area contributed by atoms with Gasteiger partial charge in [-0.15, -0.1) is 0 Å². The average molecular weight is 578 g/mol. The van der Waals surface area contributed by atoms with Crippen molar-refractivity contribution in [3.05, 3.63) is 66.2 Å². The Hall–Kier alpha value is -3.87. The van der Waals surface area contributed by atoms with Crippen LogP contribution < -0.4 is 20.1 Å². The first-order valence-electron chi connectivity index (χ1n) is 13.8. The maximum Gasteiger partial charge on any atom is 0.301 e. The molecule has 2 fully saturated rings. The topological polar surface area (TPSA) is 121 Å². The van der Waals surface area contributed by atoms with Gasteiger partial charge in [-0.05, 0) is 75.0 Å². The molecule has 1 atom stereocenters. The molecule has 0 radical (unpaired) electrons. The van der Waals surface area contributed by atoms with Crippen LogP contribution in [-0.2, 0) is 10.2 Å². The van der Waals surface area contributed by atoms with Crippen molar-refractivity contribution in [3.63, 3.8) is 0 Å². The SMILES string of the molecule is Cc1ccc2c(NS(=O)(=O)N3CCCC3)c(F)ccc2c1Oc1ncccc1-c1ccnc(N[C@H]2CCCNC2)n1. The molecule has 0 aliphatic carbocycles. The third-order valence-corrected chi connectivity index (χ3v) is 8.97. The largest absolute Gasteiger partial charge is 0.437 e. The molecule has 0 saturated carbocycles. The molecule has 0 amide bonds. The number of ether oxygens (including phenoxy) is 1. The lowest BCUT2D eigenvalue weighted by molar-refractivity contribution is 0.466. The van der Waals surface area contributed by atoms with Crippen LogP contribution in [0.5, 0.6) is 11.6 Å². The molecule has 4 aromatic rings. The number of hydrogen-bond donors (Lipinski definition) is 3. The maximum absolute atomic E-state index is 15.1. The van der Waals surface area contributed by atoms with Crippen molar-refractivity contribution in [3.8, 4) is 22.9 Å². The molecule has 3 N–H and O–H groups in total. The van der Waals surface area contributed by atoms with Crippen LogP contribution in [0, 0.1) is 12.7 Å². The molecule has 2 saturated heterocycles. The predicted molar refractivity (Wildman–Crippen MR) is 157 cm³/mol. The smallest absolute Gasteiger partial charge is 0.301 e. The zero-order valence-electron chi connectivity index (χ0n) is 22.7. The fourth-order valence-electron chi connectivity index (χ4n) is 5.32. The Labute approximate surface area is 238 Å². The first-order valence-corrected chi connectivity index (χ1v) is 15.3. The Bertz CT molecular complexity index is 1670. The number of rotatable bonds is 8. The van der Waals surface area contributed by atoms with E-state index in [0.717, 1.165) is 44.3 Å². The minimum absolute atomic E-state index is 0.107. The van der Waals surface area contributed by atoms with Crippen LogP contribution in [0.1, 0.15) is 31.2 Å². The molecule has 0 spiro atoms. The van der Waals surface area contributed by atoms with Gasteiger partial charge in [-0.25, -0.2) is 19.3 Å². The zero-order valence-corrected chi connectivity index (χ0v) is 23.5. The van der Waals surface area contributed by atoms with Gasteiger partial charge >= 0.3 is 10.2 Å². The summed E-state index contributed by atoms with van der Waals surface area (Å²) < 4.78 is 51.3. The highest BCUT2D eigenvalue weighted by molar-refractivity contribution is 7.90. The van der Waals surface area contributed by atoms with E-state index >= 15 is 4.39 Å². The predicted octanol–water partition coefficient (Wildman–Crippen LogP) is 4.85. The molecule has 214 valence electrons. The summed E-state index contributed by atoms with van der Waals surface area (Å²) in [5.74, 6) is 0.626. The molecule has 6 rings (SSSR count). The second-order valence-electron chi connectivity index (χ2n) is 10.4. The van der Waals surface area contributed by atoms with Crippen molar-refractivity contribution < 1.29 is 17.5 Å². The summed E-state index contributed by atoms with van der Waals surface area (Å²) in [7, 11) is -3.90. The van der Waals surface area contributed by atoms with Crippen molar-refractivity contribution >= 4 is 32.6 Å². The molecule has 2 aliphatic heterocycles. The number of benzene rings is 2. The fraction of sp³-hybridized carbons (Fsp3) is 0.345. The van der Waals surface area contributed by atoms with Gasteiger partial charge in [-0.3, -0.25) is 4.72 Å². The van der Waals surface area contributed by atoms with Gasteiger partial charge in [-0.2, -0.15) is 12.7 Å². The molecule has 2 aromatic carbocycles. The van der Waals surface area contributed by atoms with Gasteiger partial charge in [0.1, 0.15) is 11.6 Å². The molecule has 2 aliphatic rings. The quantitative estimate of drug-likeness (QED) is 0.272. The highest BCUT2D eigenvalue weighted by atomic mass is 32.2. The van der Waals surface area contributed by atoms with E-state index in [9.17, 15) is 8.42 Å². The molecular weight excluding hydrogens is 545 g/mol. The third kappa shape index (κ3) is 5.81. The summed E-state index contributed by atoms with van der Waals surface area (Å²) in [6.07, 6.45) is 7.02. The molecule has 12 heteroatoms. The lowest BCUT2D eigenvalue weighted by atomic mass is 10.0. The van der Waals surface area contributed by atoms with Gasteiger partial charge in [0.05, 0.1) is 16.9 Å². The summed E-state index contributed by atoms with van der Waals surface area (Å²) in [5.41, 5.74) is 1.97. The Morgan fingerprint density at radius 3 is 2.66 bits per heavy atom. The summed E-state index contributed by atoms with van der Waals surface area (Å²) in [5, 5.41) is 7.72. The number of pyridine rings is 1. The minimum Gasteiger partial charge on any atom is -0.437 e. The van der Waals surface area contributed by atoms with E-state index in [1.54, 1.807) is 42.7 Å². The number of hydrogen-bond acceptors (Lipinski definition) is 8. The molecule has 10 nitrogen and oxygen atoms in total. The van der Waals surface area contributed by atoms with Crippen molar-refractivity contribution in [1.29, 1.82) is 0 Å². The van der Waals surface area contributed by atoms with Crippen LogP contribution in [0.15, 0.2) is 54.9 Å². The number of aromatic nitrogens is 3. The fourth-order valence-corrected chi connectivity index (χ4v) is 6.65. The van der Waals surface area contributed by atoms with Gasteiger partial charge in [0.2, 0.25) is 11.8 Å². The van der Waals surface area contributed by atoms with E-state index in [1.165, 1.54) is 10.4 Å². The normalized spacial score (nSPS) is 18.0. The van der Waals surface area contributed by atoms with Crippen molar-refractivity contribution in [2.75, 3.05) is 36.2 Å². The standard InChI is InChI=1S/C29H32FN7O3S/c1-19-8-9-21-22(10-11-24(30)26(21)36-41(38,39)37-16-2-3-17-37)27(19)40-28-23(7-5-14-32-28)25-12-15-33-29(35-25)34-20-6-4-13-31-18-20/h5,7-12,14-15,20,31,36H,2-4,6,13,16-18H2,1H3,(H,33,34,35)/t20-/m0/s1. The number of fused-ring (bicyclic) bond motifs is 1. The van der Waals surface area contributed by atoms with E-state index in [0.29, 0.717) is 52.7 Å². The second-order valence-corrected chi connectivity index (χ2v) is 12.0. The first kappa shape index (κ1) is 27.3. The van der Waals surface area contributed by atoms with Crippen LogP contribution in [0.2, 0.25) is 0 Å². The zero-order chi connectivity index (χ0) is 28.4. The molecule has 2 aromatic heterocycles. The maximum atomic E-state index is 15.1. The van der Waals surface area contributed by atoms with Crippen LogP contribution in [-0.4, -0.2) is 59.9 Å². The number of halogens is 1. The number of nitrogens with one attached hydrogen (secondary N) is 3. The molecule has 0 bridgehead atoms. The number of piperidine rings is 1. The minimum atomic E-state index is -3.90. The molecule has 0 unspecified atom stereocenters. The van der Waals surface area contributed by atoms with Crippen LogP contribution in [0.4, 0.5) is 16.0 Å². The van der Waals surface area contributed by atoms with Gasteiger partial charge in [0.15, 0.2) is 0 Å². The number of aryl methyl sites for hydroxylation is 1. The summed E-state index contributed by atoms with van der Waals surface area (Å²) in [6, 6.07) is 12.0. The monoisotopic (exact) mass is 577 g/mol. The lowest BCUT2D eigenvalue weighted by Crippen LogP contribution is -2.38. The van der Waals surface area contributed by atoms with Crippen molar-refractivity contribution in [2.24, 2.45) is 0 Å². The van der Waals surface area contributed by atoms with Gasteiger partial charge < -0.3 is 15.4 Å². The summed E-state index contributed by atoms with van der Waals surface area (Å²) in [6.45, 7) is 4.57. The van der Waals surface area contributed by atoms with Crippen LogP contribution in [0.3, 0.4) is 0 Å². The summed E-state index contributed by atoms with van der Waals surface area (Å²) >= 11 is 0. The van der Waals surface area contributed by atoms with Crippen LogP contribution >= 0.6 is 0 Å². The van der Waals surface area contributed by atoms with E-state index in [1.807, 2.05) is 13.0 Å². The molecular formula is C29H32FN7O3S. The van der Waals surface area contributed by atoms with Gasteiger partial charge in [0.25, 0.3) is 0 Å². The average Bonchev–Trinajstić information content (AvgIpc) is 3.53. The highest BCUT2D eigenvalue weighted by Crippen LogP contribution is 2.40. The third-order valence-electron chi connectivity index (χ3n) is 7.46. The summed E-state index contributed by atoms with van der Waals surface area (Å²) in [4.78, 5) is 13.6. The van der Waals surface area contributed by atoms with Gasteiger partial charge in [0, 0.05) is 48.8 Å². The Morgan fingerprint density at radius 2 is 1.85 bits per heavy atom. The van der Waals surface area contributed by atoms with E-state index in [2.05, 4.69) is 25.3 Å². The van der Waals surface area contributed by atoms with Crippen LogP contribution in [0.25, 0.3) is 22.0 Å².